The number of nitrogens with one attached hydrogen (secondary N) is 1. The van der Waals surface area contributed by atoms with Crippen LogP contribution in [0.5, 0.6) is 0 Å². The summed E-state index contributed by atoms with van der Waals surface area (Å²) in [6, 6.07) is 5.83. The van der Waals surface area contributed by atoms with Crippen LogP contribution in [-0.4, -0.2) is 50.7 Å². The lowest BCUT2D eigenvalue weighted by Crippen LogP contribution is -2.38. The topological polar surface area (TPSA) is 75.7 Å². The Kier molecular flexibility index (Phi) is 6.09. The van der Waals surface area contributed by atoms with Gasteiger partial charge in [-0.25, -0.2) is 12.8 Å². The zero-order valence-electron chi connectivity index (χ0n) is 13.0. The first-order valence-corrected chi connectivity index (χ1v) is 9.32. The standard InChI is InChI=1S/C15H21FN2O4S/c1-23(20,21)18(11-12-5-4-10-22-12)9-8-15(19)17-14-7-3-2-6-13(14)16/h2-3,6-7,12H,4-5,8-11H2,1H3,(H,17,19). The molecule has 1 atom stereocenters. The predicted octanol–water partition coefficient (Wildman–Crippen LogP) is 1.59. The van der Waals surface area contributed by atoms with Crippen LogP contribution in [0.3, 0.4) is 0 Å². The van der Waals surface area contributed by atoms with Crippen LogP contribution in [0.2, 0.25) is 0 Å². The molecule has 1 amide bonds. The summed E-state index contributed by atoms with van der Waals surface area (Å²) in [6.07, 6.45) is 2.66. The molecule has 0 saturated carbocycles. The molecule has 0 aromatic heterocycles. The molecule has 1 fully saturated rings. The number of rotatable bonds is 7. The number of carbonyl (C=O) groups excluding carboxylic acids is 1. The summed E-state index contributed by atoms with van der Waals surface area (Å²) in [6.45, 7) is 0.917. The van der Waals surface area contributed by atoms with Crippen LogP contribution < -0.4 is 5.32 Å². The highest BCUT2D eigenvalue weighted by molar-refractivity contribution is 7.88. The number of hydrogen-bond acceptors (Lipinski definition) is 4. The summed E-state index contributed by atoms with van der Waals surface area (Å²) in [4.78, 5) is 11.9. The Bertz CT molecular complexity index is 645. The molecule has 0 bridgehead atoms. The largest absolute Gasteiger partial charge is 0.377 e. The molecular formula is C15H21FN2O4S. The van der Waals surface area contributed by atoms with E-state index in [1.54, 1.807) is 6.07 Å². The monoisotopic (exact) mass is 344 g/mol. The minimum absolute atomic E-state index is 0.0407. The highest BCUT2D eigenvalue weighted by atomic mass is 32.2. The Labute approximate surface area is 135 Å². The van der Waals surface area contributed by atoms with E-state index in [1.807, 2.05) is 0 Å². The Morgan fingerprint density at radius 3 is 2.78 bits per heavy atom. The molecular weight excluding hydrogens is 323 g/mol. The first-order chi connectivity index (χ1) is 10.9. The van der Waals surface area contributed by atoms with Crippen LogP contribution in [-0.2, 0) is 19.6 Å². The van der Waals surface area contributed by atoms with Crippen LogP contribution in [0.1, 0.15) is 19.3 Å². The van der Waals surface area contributed by atoms with Crippen molar-refractivity contribution in [1.82, 2.24) is 4.31 Å². The molecule has 1 unspecified atom stereocenters. The van der Waals surface area contributed by atoms with E-state index in [-0.39, 0.29) is 31.3 Å². The van der Waals surface area contributed by atoms with E-state index in [4.69, 9.17) is 4.74 Å². The van der Waals surface area contributed by atoms with Crippen molar-refractivity contribution in [3.8, 4) is 0 Å². The average Bonchev–Trinajstić information content (AvgIpc) is 2.98. The molecule has 128 valence electrons. The number of carbonyl (C=O) groups is 1. The second kappa shape index (κ2) is 7.85. The van der Waals surface area contributed by atoms with E-state index in [1.165, 1.54) is 22.5 Å². The molecule has 0 aliphatic carbocycles. The minimum atomic E-state index is -3.43. The normalized spacial score (nSPS) is 18.3. The van der Waals surface area contributed by atoms with Crippen molar-refractivity contribution in [2.24, 2.45) is 0 Å². The summed E-state index contributed by atoms with van der Waals surface area (Å²) in [5, 5.41) is 2.44. The van der Waals surface area contributed by atoms with Crippen molar-refractivity contribution in [1.29, 1.82) is 0 Å². The number of para-hydroxylation sites is 1. The smallest absolute Gasteiger partial charge is 0.225 e. The van der Waals surface area contributed by atoms with Gasteiger partial charge in [0.25, 0.3) is 0 Å². The fourth-order valence-corrected chi connectivity index (χ4v) is 3.27. The summed E-state index contributed by atoms with van der Waals surface area (Å²) < 4.78 is 43.8. The number of benzene rings is 1. The number of nitrogens with zero attached hydrogens (tertiary/aromatic N) is 1. The van der Waals surface area contributed by atoms with Crippen molar-refractivity contribution in [3.63, 3.8) is 0 Å². The number of amides is 1. The van der Waals surface area contributed by atoms with Crippen molar-refractivity contribution >= 4 is 21.6 Å². The van der Waals surface area contributed by atoms with Gasteiger partial charge >= 0.3 is 0 Å². The van der Waals surface area contributed by atoms with Gasteiger partial charge in [0.1, 0.15) is 5.82 Å². The summed E-state index contributed by atoms with van der Waals surface area (Å²) in [7, 11) is -3.43. The van der Waals surface area contributed by atoms with Crippen molar-refractivity contribution in [3.05, 3.63) is 30.1 Å². The average molecular weight is 344 g/mol. The second-order valence-electron chi connectivity index (χ2n) is 5.53. The first kappa shape index (κ1) is 17.8. The van der Waals surface area contributed by atoms with Crippen molar-refractivity contribution in [2.45, 2.75) is 25.4 Å². The van der Waals surface area contributed by atoms with Gasteiger partial charge < -0.3 is 10.1 Å². The Hall–Kier alpha value is -1.51. The lowest BCUT2D eigenvalue weighted by atomic mass is 10.2. The summed E-state index contributed by atoms with van der Waals surface area (Å²) in [5.74, 6) is -0.962. The molecule has 1 heterocycles. The second-order valence-corrected chi connectivity index (χ2v) is 7.52. The van der Waals surface area contributed by atoms with Gasteiger partial charge in [-0.05, 0) is 25.0 Å². The molecule has 8 heteroatoms. The van der Waals surface area contributed by atoms with Crippen molar-refractivity contribution in [2.75, 3.05) is 31.3 Å². The SMILES string of the molecule is CS(=O)(=O)N(CCC(=O)Nc1ccccc1F)CC1CCCO1. The maximum absolute atomic E-state index is 13.5. The highest BCUT2D eigenvalue weighted by Crippen LogP contribution is 2.16. The number of ether oxygens (including phenoxy) is 1. The predicted molar refractivity (Wildman–Crippen MR) is 85.0 cm³/mol. The third-order valence-electron chi connectivity index (χ3n) is 3.64. The molecule has 6 nitrogen and oxygen atoms in total. The molecule has 1 aromatic rings. The van der Waals surface area contributed by atoms with Gasteiger partial charge in [0.15, 0.2) is 0 Å². The van der Waals surface area contributed by atoms with Gasteiger partial charge in [0.05, 0.1) is 18.0 Å². The van der Waals surface area contributed by atoms with E-state index in [0.717, 1.165) is 19.1 Å². The molecule has 1 N–H and O–H groups in total. The maximum atomic E-state index is 13.5. The highest BCUT2D eigenvalue weighted by Gasteiger charge is 2.25. The van der Waals surface area contributed by atoms with Crippen molar-refractivity contribution < 1.29 is 22.3 Å². The molecule has 0 spiro atoms. The Balaban J connectivity index is 1.90. The number of halogens is 1. The third-order valence-corrected chi connectivity index (χ3v) is 4.91. The van der Waals surface area contributed by atoms with Crippen LogP contribution in [0, 0.1) is 5.82 Å². The number of anilines is 1. The zero-order valence-corrected chi connectivity index (χ0v) is 13.8. The minimum Gasteiger partial charge on any atom is -0.377 e. The quantitative estimate of drug-likeness (QED) is 0.815. The molecule has 1 aliphatic rings. The molecule has 0 radical (unpaired) electrons. The van der Waals surface area contributed by atoms with Gasteiger partial charge in [-0.3, -0.25) is 4.79 Å². The first-order valence-electron chi connectivity index (χ1n) is 7.47. The van der Waals surface area contributed by atoms with Gasteiger partial charge in [-0.1, -0.05) is 12.1 Å². The number of sulfonamides is 1. The molecule has 2 rings (SSSR count). The van der Waals surface area contributed by atoms with E-state index in [0.29, 0.717) is 6.61 Å². The lowest BCUT2D eigenvalue weighted by Gasteiger charge is -2.22. The lowest BCUT2D eigenvalue weighted by molar-refractivity contribution is -0.116. The molecule has 1 aromatic carbocycles. The van der Waals surface area contributed by atoms with Gasteiger partial charge in [-0.2, -0.15) is 4.31 Å². The molecule has 1 saturated heterocycles. The van der Waals surface area contributed by atoms with Crippen LogP contribution in [0.25, 0.3) is 0 Å². The summed E-state index contributed by atoms with van der Waals surface area (Å²) in [5.41, 5.74) is 0.0857. The van der Waals surface area contributed by atoms with E-state index in [2.05, 4.69) is 5.32 Å². The van der Waals surface area contributed by atoms with E-state index in [9.17, 15) is 17.6 Å². The van der Waals surface area contributed by atoms with Crippen LogP contribution in [0.15, 0.2) is 24.3 Å². The Morgan fingerprint density at radius 1 is 1.43 bits per heavy atom. The fraction of sp³-hybridized carbons (Fsp3) is 0.533. The van der Waals surface area contributed by atoms with Gasteiger partial charge in [0, 0.05) is 26.1 Å². The number of hydrogen-bond donors (Lipinski definition) is 1. The van der Waals surface area contributed by atoms with E-state index >= 15 is 0 Å². The van der Waals surface area contributed by atoms with Gasteiger partial charge in [0.2, 0.25) is 15.9 Å². The van der Waals surface area contributed by atoms with Gasteiger partial charge in [-0.15, -0.1) is 0 Å². The zero-order chi connectivity index (χ0) is 16.9. The third kappa shape index (κ3) is 5.56. The van der Waals surface area contributed by atoms with Crippen LogP contribution in [0.4, 0.5) is 10.1 Å². The van der Waals surface area contributed by atoms with E-state index < -0.39 is 21.7 Å². The Morgan fingerprint density at radius 2 is 2.17 bits per heavy atom. The molecule has 23 heavy (non-hydrogen) atoms. The molecule has 1 aliphatic heterocycles. The fourth-order valence-electron chi connectivity index (χ4n) is 2.41. The summed E-state index contributed by atoms with van der Waals surface area (Å²) >= 11 is 0. The maximum Gasteiger partial charge on any atom is 0.225 e. The van der Waals surface area contributed by atoms with Crippen LogP contribution >= 0.6 is 0 Å².